The van der Waals surface area contributed by atoms with Gasteiger partial charge in [0.2, 0.25) is 0 Å². The first-order chi connectivity index (χ1) is 4.21. The Labute approximate surface area is 55.5 Å². The van der Waals surface area contributed by atoms with Crippen molar-refractivity contribution in [1.82, 2.24) is 0 Å². The predicted octanol–water partition coefficient (Wildman–Crippen LogP) is 1.10. The zero-order valence-corrected chi connectivity index (χ0v) is 6.02. The molecule has 0 atom stereocenters. The number of hydrogen-bond donors (Lipinski definition) is 0. The molecule has 52 valence electrons. The van der Waals surface area contributed by atoms with E-state index in [0.29, 0.717) is 5.75 Å². The molecule has 0 bridgehead atoms. The summed E-state index contributed by atoms with van der Waals surface area (Å²) in [5, 5.41) is 1.33. The molecule has 0 aromatic heterocycles. The Kier molecular flexibility index (Phi) is 1.90. The number of hydrogen-bond acceptors (Lipinski definition) is 2. The van der Waals surface area contributed by atoms with Crippen LogP contribution in [0.2, 0.25) is 0 Å². The minimum Gasteiger partial charge on any atom is -0.224 e. The van der Waals surface area contributed by atoms with Crippen LogP contribution < -0.4 is 0 Å². The molecule has 0 saturated heterocycles. The van der Waals surface area contributed by atoms with Gasteiger partial charge in [0.1, 0.15) is 0 Å². The lowest BCUT2D eigenvalue weighted by atomic mass is 10.3. The Hall–Kier alpha value is -0.310. The lowest BCUT2D eigenvalue weighted by molar-refractivity contribution is 0.602. The zero-order valence-electron chi connectivity index (χ0n) is 5.21. The van der Waals surface area contributed by atoms with Gasteiger partial charge in [-0.15, -0.1) is 0 Å². The maximum atomic E-state index is 10.8. The molecule has 0 saturated carbocycles. The van der Waals surface area contributed by atoms with Crippen LogP contribution in [0.25, 0.3) is 0 Å². The molecule has 0 spiro atoms. The van der Waals surface area contributed by atoms with Crippen LogP contribution in [0.3, 0.4) is 0 Å². The standard InChI is InChI=1S/C6H10O2S/c7-9(8)5-3-1-2-4-6-9/h3,5H,1-2,4,6H2. The molecule has 0 radical (unpaired) electrons. The van der Waals surface area contributed by atoms with Crippen molar-refractivity contribution in [2.24, 2.45) is 0 Å². The summed E-state index contributed by atoms with van der Waals surface area (Å²) >= 11 is 0. The monoisotopic (exact) mass is 146 g/mol. The zero-order chi connectivity index (χ0) is 6.74. The van der Waals surface area contributed by atoms with E-state index >= 15 is 0 Å². The van der Waals surface area contributed by atoms with Crippen molar-refractivity contribution in [3.05, 3.63) is 11.5 Å². The normalized spacial score (nSPS) is 25.3. The second kappa shape index (κ2) is 2.52. The molecule has 1 heterocycles. The molecular weight excluding hydrogens is 136 g/mol. The summed E-state index contributed by atoms with van der Waals surface area (Å²) in [5.74, 6) is 0.337. The Morgan fingerprint density at radius 2 is 2.00 bits per heavy atom. The van der Waals surface area contributed by atoms with Crippen LogP contribution in [-0.4, -0.2) is 14.2 Å². The molecule has 0 amide bonds. The van der Waals surface area contributed by atoms with Gasteiger partial charge in [-0.1, -0.05) is 6.08 Å². The SMILES string of the molecule is O=S1(=O)C=CCCCC1. The quantitative estimate of drug-likeness (QED) is 0.513. The van der Waals surface area contributed by atoms with Gasteiger partial charge in [-0.25, -0.2) is 8.42 Å². The first-order valence-electron chi connectivity index (χ1n) is 3.10. The summed E-state index contributed by atoms with van der Waals surface area (Å²) in [6, 6.07) is 0. The molecule has 9 heavy (non-hydrogen) atoms. The number of rotatable bonds is 0. The molecule has 0 aromatic carbocycles. The van der Waals surface area contributed by atoms with E-state index in [0.717, 1.165) is 19.3 Å². The van der Waals surface area contributed by atoms with Gasteiger partial charge in [-0.05, 0) is 19.3 Å². The molecule has 3 heteroatoms. The third-order valence-electron chi connectivity index (χ3n) is 1.35. The summed E-state index contributed by atoms with van der Waals surface area (Å²) in [7, 11) is -2.80. The topological polar surface area (TPSA) is 34.1 Å². The summed E-state index contributed by atoms with van der Waals surface area (Å²) in [4.78, 5) is 0. The molecular formula is C6H10O2S. The van der Waals surface area contributed by atoms with E-state index in [2.05, 4.69) is 0 Å². The second-order valence-corrected chi connectivity index (χ2v) is 4.24. The smallest absolute Gasteiger partial charge is 0.171 e. The van der Waals surface area contributed by atoms with Crippen molar-refractivity contribution in [3.63, 3.8) is 0 Å². The van der Waals surface area contributed by atoms with E-state index in [1.807, 2.05) is 0 Å². The van der Waals surface area contributed by atoms with Crippen LogP contribution in [-0.2, 0) is 9.84 Å². The van der Waals surface area contributed by atoms with E-state index in [-0.39, 0.29) is 0 Å². The van der Waals surface area contributed by atoms with Crippen molar-refractivity contribution in [3.8, 4) is 0 Å². The molecule has 0 aliphatic carbocycles. The van der Waals surface area contributed by atoms with Crippen LogP contribution in [0.1, 0.15) is 19.3 Å². The first-order valence-corrected chi connectivity index (χ1v) is 4.81. The van der Waals surface area contributed by atoms with Gasteiger partial charge >= 0.3 is 0 Å². The molecule has 0 aromatic rings. The van der Waals surface area contributed by atoms with E-state index in [1.165, 1.54) is 5.41 Å². The summed E-state index contributed by atoms with van der Waals surface area (Å²) in [6.45, 7) is 0. The predicted molar refractivity (Wildman–Crippen MR) is 36.8 cm³/mol. The maximum Gasteiger partial charge on any atom is 0.171 e. The van der Waals surface area contributed by atoms with Gasteiger partial charge < -0.3 is 0 Å². The Bertz CT molecular complexity index is 201. The Morgan fingerprint density at radius 3 is 2.78 bits per heavy atom. The van der Waals surface area contributed by atoms with Gasteiger partial charge in [0.25, 0.3) is 0 Å². The fourth-order valence-corrected chi connectivity index (χ4v) is 2.02. The Morgan fingerprint density at radius 1 is 1.22 bits per heavy atom. The second-order valence-electron chi connectivity index (χ2n) is 2.23. The fraction of sp³-hybridized carbons (Fsp3) is 0.667. The average Bonchev–Trinajstić information content (AvgIpc) is 1.92. The van der Waals surface area contributed by atoms with E-state index in [1.54, 1.807) is 6.08 Å². The van der Waals surface area contributed by atoms with Gasteiger partial charge in [-0.3, -0.25) is 0 Å². The van der Waals surface area contributed by atoms with Crippen LogP contribution in [0.5, 0.6) is 0 Å². The first kappa shape index (κ1) is 6.81. The molecule has 1 rings (SSSR count). The highest BCUT2D eigenvalue weighted by molar-refractivity contribution is 7.94. The summed E-state index contributed by atoms with van der Waals surface area (Å²) in [5.41, 5.74) is 0. The van der Waals surface area contributed by atoms with Crippen molar-refractivity contribution < 1.29 is 8.42 Å². The van der Waals surface area contributed by atoms with Crippen molar-refractivity contribution in [2.45, 2.75) is 19.3 Å². The highest BCUT2D eigenvalue weighted by Crippen LogP contribution is 2.07. The third kappa shape index (κ3) is 2.18. The molecule has 0 N–H and O–H groups in total. The third-order valence-corrected chi connectivity index (χ3v) is 2.82. The van der Waals surface area contributed by atoms with Gasteiger partial charge in [0.05, 0.1) is 5.75 Å². The molecule has 0 fully saturated rings. The summed E-state index contributed by atoms with van der Waals surface area (Å²) < 4.78 is 21.6. The maximum absolute atomic E-state index is 10.8. The van der Waals surface area contributed by atoms with Crippen molar-refractivity contribution in [1.29, 1.82) is 0 Å². The molecule has 0 unspecified atom stereocenters. The minimum absolute atomic E-state index is 0.337. The molecule has 1 aliphatic heterocycles. The van der Waals surface area contributed by atoms with Crippen molar-refractivity contribution in [2.75, 3.05) is 5.75 Å². The molecule has 2 nitrogen and oxygen atoms in total. The van der Waals surface area contributed by atoms with Crippen LogP contribution in [0.15, 0.2) is 11.5 Å². The lowest BCUT2D eigenvalue weighted by Crippen LogP contribution is -1.98. The van der Waals surface area contributed by atoms with E-state index in [9.17, 15) is 8.42 Å². The molecule has 1 aliphatic rings. The average molecular weight is 146 g/mol. The largest absolute Gasteiger partial charge is 0.224 e. The Balaban J connectivity index is 2.76. The van der Waals surface area contributed by atoms with Gasteiger partial charge in [0.15, 0.2) is 9.84 Å². The van der Waals surface area contributed by atoms with Crippen LogP contribution in [0, 0.1) is 0 Å². The van der Waals surface area contributed by atoms with E-state index in [4.69, 9.17) is 0 Å². The highest BCUT2D eigenvalue weighted by atomic mass is 32.2. The van der Waals surface area contributed by atoms with Crippen LogP contribution in [0.4, 0.5) is 0 Å². The van der Waals surface area contributed by atoms with Crippen LogP contribution >= 0.6 is 0 Å². The van der Waals surface area contributed by atoms with Gasteiger partial charge in [-0.2, -0.15) is 0 Å². The summed E-state index contributed by atoms with van der Waals surface area (Å²) in [6.07, 6.45) is 4.48. The van der Waals surface area contributed by atoms with E-state index < -0.39 is 9.84 Å². The lowest BCUT2D eigenvalue weighted by Gasteiger charge is -1.90. The minimum atomic E-state index is -2.80. The van der Waals surface area contributed by atoms with Gasteiger partial charge in [0, 0.05) is 5.41 Å². The fourth-order valence-electron chi connectivity index (χ4n) is 0.848. The highest BCUT2D eigenvalue weighted by Gasteiger charge is 2.06. The number of sulfone groups is 1. The number of allylic oxidation sites excluding steroid dienone is 1. The van der Waals surface area contributed by atoms with Crippen molar-refractivity contribution >= 4 is 9.84 Å².